The third-order valence-corrected chi connectivity index (χ3v) is 3.98. The van der Waals surface area contributed by atoms with Crippen molar-refractivity contribution in [1.29, 1.82) is 0 Å². The van der Waals surface area contributed by atoms with Crippen LogP contribution in [-0.4, -0.2) is 36.5 Å². The Morgan fingerprint density at radius 2 is 1.94 bits per heavy atom. The largest absolute Gasteiger partial charge is 0.467 e. The summed E-state index contributed by atoms with van der Waals surface area (Å²) in [6, 6.07) is -0.332. The summed E-state index contributed by atoms with van der Waals surface area (Å²) >= 11 is 0. The number of rotatable bonds is 3. The van der Waals surface area contributed by atoms with E-state index in [1.807, 2.05) is 0 Å². The normalized spacial score (nSPS) is 25.2. The fourth-order valence-corrected chi connectivity index (χ4v) is 2.67. The second-order valence-corrected chi connectivity index (χ2v) is 5.12. The Morgan fingerprint density at radius 1 is 1.18 bits per heavy atom. The van der Waals surface area contributed by atoms with Crippen LogP contribution in [0, 0.1) is 5.92 Å². The number of nitrogens with zero attached hydrogens (tertiary/aromatic N) is 1. The summed E-state index contributed by atoms with van der Waals surface area (Å²) in [4.78, 5) is 25.5. The quantitative estimate of drug-likeness (QED) is 0.705. The van der Waals surface area contributed by atoms with Crippen molar-refractivity contribution in [3.05, 3.63) is 0 Å². The molecule has 1 unspecified atom stereocenters. The van der Waals surface area contributed by atoms with Crippen molar-refractivity contribution in [1.82, 2.24) is 4.90 Å². The highest BCUT2D eigenvalue weighted by Gasteiger charge is 2.34. The summed E-state index contributed by atoms with van der Waals surface area (Å²) in [6.45, 7) is 0.714. The molecule has 1 heterocycles. The van der Waals surface area contributed by atoms with Gasteiger partial charge in [0.1, 0.15) is 6.04 Å². The maximum atomic E-state index is 12.2. The predicted molar refractivity (Wildman–Crippen MR) is 63.3 cm³/mol. The van der Waals surface area contributed by atoms with Gasteiger partial charge in [-0.2, -0.15) is 0 Å². The molecule has 96 valence electrons. The Kier molecular flexibility index (Phi) is 4.02. The smallest absolute Gasteiger partial charge is 0.328 e. The Labute approximate surface area is 102 Å². The first-order valence-electron chi connectivity index (χ1n) is 6.59. The molecule has 0 N–H and O–H groups in total. The number of esters is 1. The van der Waals surface area contributed by atoms with Gasteiger partial charge in [-0.1, -0.05) is 6.42 Å². The van der Waals surface area contributed by atoms with Gasteiger partial charge in [-0.3, -0.25) is 4.79 Å². The molecule has 0 radical (unpaired) electrons. The molecule has 1 aliphatic carbocycles. The number of ether oxygens (including phenoxy) is 1. The van der Waals surface area contributed by atoms with E-state index in [4.69, 9.17) is 4.74 Å². The first kappa shape index (κ1) is 12.4. The van der Waals surface area contributed by atoms with Crippen LogP contribution in [0.5, 0.6) is 0 Å². The number of likely N-dealkylation sites (tertiary alicyclic amines) is 1. The molecule has 0 aromatic rings. The highest BCUT2D eigenvalue weighted by molar-refractivity contribution is 5.84. The lowest BCUT2D eigenvalue weighted by Crippen LogP contribution is -2.49. The average Bonchev–Trinajstić information content (AvgIpc) is 2.32. The zero-order valence-corrected chi connectivity index (χ0v) is 10.5. The van der Waals surface area contributed by atoms with Crippen LogP contribution < -0.4 is 0 Å². The molecule has 4 heteroatoms. The Hall–Kier alpha value is -1.06. The van der Waals surface area contributed by atoms with Crippen LogP contribution in [0.3, 0.4) is 0 Å². The highest BCUT2D eigenvalue weighted by atomic mass is 16.5. The fourth-order valence-electron chi connectivity index (χ4n) is 2.67. The van der Waals surface area contributed by atoms with Crippen molar-refractivity contribution in [3.63, 3.8) is 0 Å². The molecule has 2 aliphatic rings. The first-order valence-corrected chi connectivity index (χ1v) is 6.59. The molecule has 4 nitrogen and oxygen atoms in total. The van der Waals surface area contributed by atoms with Gasteiger partial charge in [0, 0.05) is 13.0 Å². The average molecular weight is 239 g/mol. The van der Waals surface area contributed by atoms with Crippen LogP contribution in [0.2, 0.25) is 0 Å². The monoisotopic (exact) mass is 239 g/mol. The summed E-state index contributed by atoms with van der Waals surface area (Å²) in [5.74, 6) is 0.444. The molecule has 1 aliphatic heterocycles. The van der Waals surface area contributed by atoms with Gasteiger partial charge in [-0.25, -0.2) is 4.79 Å². The molecule has 2 fully saturated rings. The van der Waals surface area contributed by atoms with Gasteiger partial charge < -0.3 is 9.64 Å². The second kappa shape index (κ2) is 5.52. The van der Waals surface area contributed by atoms with Crippen LogP contribution in [-0.2, 0) is 14.3 Å². The number of methoxy groups -OCH3 is 1. The lowest BCUT2D eigenvalue weighted by molar-refractivity contribution is -0.155. The van der Waals surface area contributed by atoms with Gasteiger partial charge in [0.15, 0.2) is 0 Å². The van der Waals surface area contributed by atoms with E-state index in [9.17, 15) is 9.59 Å². The number of hydrogen-bond donors (Lipinski definition) is 0. The Morgan fingerprint density at radius 3 is 2.53 bits per heavy atom. The van der Waals surface area contributed by atoms with Gasteiger partial charge in [0.05, 0.1) is 7.11 Å². The summed E-state index contributed by atoms with van der Waals surface area (Å²) in [7, 11) is 1.39. The predicted octanol–water partition coefficient (Wildman–Crippen LogP) is 1.73. The molecule has 1 atom stereocenters. The summed E-state index contributed by atoms with van der Waals surface area (Å²) in [5.41, 5.74) is 0. The van der Waals surface area contributed by atoms with Gasteiger partial charge in [0.2, 0.25) is 5.91 Å². The van der Waals surface area contributed by atoms with E-state index in [1.54, 1.807) is 4.90 Å². The minimum atomic E-state index is -0.332. The van der Waals surface area contributed by atoms with Crippen molar-refractivity contribution >= 4 is 11.9 Å². The van der Waals surface area contributed by atoms with E-state index in [2.05, 4.69) is 0 Å². The van der Waals surface area contributed by atoms with E-state index in [-0.39, 0.29) is 17.9 Å². The molecule has 2 rings (SSSR count). The van der Waals surface area contributed by atoms with Gasteiger partial charge in [0.25, 0.3) is 0 Å². The van der Waals surface area contributed by atoms with Gasteiger partial charge >= 0.3 is 5.97 Å². The molecule has 1 saturated heterocycles. The molecule has 0 aromatic heterocycles. The summed E-state index contributed by atoms with van der Waals surface area (Å²) in [5, 5.41) is 0. The standard InChI is InChI=1S/C13H21NO3/c1-17-13(16)11-7-2-3-8-14(11)12(15)9-10-5-4-6-10/h10-11H,2-9H2,1H3. The van der Waals surface area contributed by atoms with Crippen molar-refractivity contribution < 1.29 is 14.3 Å². The molecule has 17 heavy (non-hydrogen) atoms. The van der Waals surface area contributed by atoms with Crippen LogP contribution in [0.4, 0.5) is 0 Å². The molecule has 1 saturated carbocycles. The lowest BCUT2D eigenvalue weighted by atomic mass is 9.82. The van der Waals surface area contributed by atoms with E-state index >= 15 is 0 Å². The molecular formula is C13H21NO3. The van der Waals surface area contributed by atoms with Gasteiger partial charge in [-0.15, -0.1) is 0 Å². The SMILES string of the molecule is COC(=O)C1CCCCN1C(=O)CC1CCC1. The second-order valence-electron chi connectivity index (χ2n) is 5.12. The Balaban J connectivity index is 1.94. The lowest BCUT2D eigenvalue weighted by Gasteiger charge is -2.35. The van der Waals surface area contributed by atoms with Crippen molar-refractivity contribution in [2.45, 2.75) is 51.0 Å². The van der Waals surface area contributed by atoms with E-state index in [0.717, 1.165) is 19.3 Å². The van der Waals surface area contributed by atoms with Crippen LogP contribution in [0.15, 0.2) is 0 Å². The molecule has 1 amide bonds. The Bertz CT molecular complexity index is 299. The van der Waals surface area contributed by atoms with E-state index < -0.39 is 0 Å². The maximum Gasteiger partial charge on any atom is 0.328 e. The maximum absolute atomic E-state index is 12.2. The molecule has 0 bridgehead atoms. The van der Waals surface area contributed by atoms with Gasteiger partial charge in [-0.05, 0) is 38.0 Å². The van der Waals surface area contributed by atoms with E-state index in [1.165, 1.54) is 26.4 Å². The number of carbonyl (C=O) groups is 2. The molecule has 0 aromatic carbocycles. The molecular weight excluding hydrogens is 218 g/mol. The zero-order chi connectivity index (χ0) is 12.3. The number of carbonyl (C=O) groups excluding carboxylic acids is 2. The van der Waals surface area contributed by atoms with Crippen LogP contribution in [0.25, 0.3) is 0 Å². The minimum absolute atomic E-state index is 0.143. The summed E-state index contributed by atoms with van der Waals surface area (Å²) < 4.78 is 4.78. The third kappa shape index (κ3) is 2.79. The number of amides is 1. The van der Waals surface area contributed by atoms with Crippen molar-refractivity contribution in [2.75, 3.05) is 13.7 Å². The minimum Gasteiger partial charge on any atom is -0.467 e. The van der Waals surface area contributed by atoms with Crippen molar-refractivity contribution in [2.24, 2.45) is 5.92 Å². The fraction of sp³-hybridized carbons (Fsp3) is 0.846. The van der Waals surface area contributed by atoms with E-state index in [0.29, 0.717) is 18.9 Å². The van der Waals surface area contributed by atoms with Crippen LogP contribution in [0.1, 0.15) is 44.9 Å². The first-order chi connectivity index (χ1) is 8.22. The number of hydrogen-bond acceptors (Lipinski definition) is 3. The molecule has 0 spiro atoms. The highest BCUT2D eigenvalue weighted by Crippen LogP contribution is 2.31. The van der Waals surface area contributed by atoms with Crippen LogP contribution >= 0.6 is 0 Å². The summed E-state index contributed by atoms with van der Waals surface area (Å²) in [6.07, 6.45) is 6.97. The topological polar surface area (TPSA) is 46.6 Å². The van der Waals surface area contributed by atoms with Crippen molar-refractivity contribution in [3.8, 4) is 0 Å². The zero-order valence-electron chi connectivity index (χ0n) is 10.5. The number of piperidine rings is 1. The third-order valence-electron chi connectivity index (χ3n) is 3.98.